The molecule has 0 spiro atoms. The Kier molecular flexibility index (Phi) is 5.36. The van der Waals surface area contributed by atoms with Gasteiger partial charge in [-0.25, -0.2) is 0 Å². The van der Waals surface area contributed by atoms with Gasteiger partial charge in [-0.1, -0.05) is 38.4 Å². The van der Waals surface area contributed by atoms with Crippen molar-refractivity contribution in [1.29, 1.82) is 0 Å². The number of aromatic nitrogens is 1. The molecule has 0 fully saturated rings. The lowest BCUT2D eigenvalue weighted by molar-refractivity contribution is 0.182. The van der Waals surface area contributed by atoms with Crippen LogP contribution in [-0.4, -0.2) is 13.3 Å². The molecule has 1 atom stereocenters. The lowest BCUT2D eigenvalue weighted by Crippen LogP contribution is -2.42. The van der Waals surface area contributed by atoms with Crippen LogP contribution in [0.4, 0.5) is 0 Å². The van der Waals surface area contributed by atoms with E-state index in [1.807, 2.05) is 18.2 Å². The van der Waals surface area contributed by atoms with E-state index in [0.29, 0.717) is 5.02 Å². The van der Waals surface area contributed by atoms with Crippen molar-refractivity contribution in [2.75, 3.05) is 0 Å². The summed E-state index contributed by atoms with van der Waals surface area (Å²) >= 11 is 6.24. The molecule has 0 N–H and O–H groups in total. The molecule has 2 nitrogen and oxygen atoms in total. The van der Waals surface area contributed by atoms with E-state index in [2.05, 4.69) is 45.4 Å². The summed E-state index contributed by atoms with van der Waals surface area (Å²) in [6.45, 7) is 15.0. The molecular formula is C15H24ClNOSi. The Morgan fingerprint density at radius 3 is 2.58 bits per heavy atom. The van der Waals surface area contributed by atoms with Gasteiger partial charge < -0.3 is 4.43 Å². The summed E-state index contributed by atoms with van der Waals surface area (Å²) in [4.78, 5) is 4.38. The zero-order chi connectivity index (χ0) is 14.7. The standard InChI is InChI=1S/C15H24ClNOSi/c1-7-9-13(14-12(16)10-8-11-17-14)18-19(5,6)15(2,3)4/h7-8,10-11,13H,1,9H2,2-6H3. The highest BCUT2D eigenvalue weighted by Gasteiger charge is 2.39. The third kappa shape index (κ3) is 4.16. The van der Waals surface area contributed by atoms with Crippen molar-refractivity contribution < 1.29 is 4.43 Å². The molecule has 0 radical (unpaired) electrons. The van der Waals surface area contributed by atoms with Crippen molar-refractivity contribution in [2.45, 2.75) is 51.4 Å². The number of hydrogen-bond acceptors (Lipinski definition) is 2. The Hall–Kier alpha value is -0.643. The third-order valence-corrected chi connectivity index (χ3v) is 8.52. The maximum absolute atomic E-state index is 6.43. The summed E-state index contributed by atoms with van der Waals surface area (Å²) in [6, 6.07) is 3.69. The fourth-order valence-corrected chi connectivity index (χ4v) is 3.05. The molecule has 0 saturated carbocycles. The van der Waals surface area contributed by atoms with Crippen molar-refractivity contribution in [2.24, 2.45) is 0 Å². The van der Waals surface area contributed by atoms with E-state index < -0.39 is 8.32 Å². The number of nitrogens with zero attached hydrogens (tertiary/aromatic N) is 1. The molecule has 106 valence electrons. The molecule has 0 aliphatic carbocycles. The molecule has 0 saturated heterocycles. The van der Waals surface area contributed by atoms with Gasteiger partial charge in [-0.3, -0.25) is 4.98 Å². The van der Waals surface area contributed by atoms with Crippen LogP contribution in [0.3, 0.4) is 0 Å². The van der Waals surface area contributed by atoms with E-state index in [9.17, 15) is 0 Å². The van der Waals surface area contributed by atoms with Gasteiger partial charge in [-0.05, 0) is 36.7 Å². The molecule has 0 aliphatic rings. The van der Waals surface area contributed by atoms with Gasteiger partial charge in [0.2, 0.25) is 0 Å². The smallest absolute Gasteiger partial charge is 0.193 e. The van der Waals surface area contributed by atoms with Crippen LogP contribution in [0.1, 0.15) is 39.0 Å². The molecule has 0 amide bonds. The minimum atomic E-state index is -1.86. The molecular weight excluding hydrogens is 274 g/mol. The molecule has 1 aromatic rings. The van der Waals surface area contributed by atoms with Crippen LogP contribution < -0.4 is 0 Å². The Morgan fingerprint density at radius 1 is 1.47 bits per heavy atom. The Morgan fingerprint density at radius 2 is 2.11 bits per heavy atom. The number of rotatable bonds is 5. The van der Waals surface area contributed by atoms with Crippen molar-refractivity contribution >= 4 is 19.9 Å². The second-order valence-corrected chi connectivity index (χ2v) is 11.4. The second-order valence-electron chi connectivity index (χ2n) is 6.26. The molecule has 0 aliphatic heterocycles. The van der Waals surface area contributed by atoms with Crippen LogP contribution in [0.5, 0.6) is 0 Å². The van der Waals surface area contributed by atoms with Gasteiger partial charge in [0.15, 0.2) is 8.32 Å². The molecule has 1 aromatic heterocycles. The minimum absolute atomic E-state index is 0.105. The van der Waals surface area contributed by atoms with Crippen LogP contribution in [0, 0.1) is 0 Å². The van der Waals surface area contributed by atoms with Gasteiger partial charge >= 0.3 is 0 Å². The Balaban J connectivity index is 3.04. The van der Waals surface area contributed by atoms with Crippen LogP contribution >= 0.6 is 11.6 Å². The molecule has 1 rings (SSSR count). The average molecular weight is 298 g/mol. The van der Waals surface area contributed by atoms with Crippen LogP contribution in [0.25, 0.3) is 0 Å². The summed E-state index contributed by atoms with van der Waals surface area (Å²) in [5.74, 6) is 0. The highest BCUT2D eigenvalue weighted by Crippen LogP contribution is 2.41. The van der Waals surface area contributed by atoms with Gasteiger partial charge in [0.05, 0.1) is 16.8 Å². The van der Waals surface area contributed by atoms with Crippen molar-refractivity contribution in [3.05, 3.63) is 41.7 Å². The van der Waals surface area contributed by atoms with Crippen molar-refractivity contribution in [1.82, 2.24) is 4.98 Å². The van der Waals surface area contributed by atoms with Gasteiger partial charge in [-0.2, -0.15) is 0 Å². The predicted octanol–water partition coefficient (Wildman–Crippen LogP) is 5.37. The van der Waals surface area contributed by atoms with Crippen LogP contribution in [-0.2, 0) is 4.43 Å². The second kappa shape index (κ2) is 6.20. The lowest BCUT2D eigenvalue weighted by Gasteiger charge is -2.39. The monoisotopic (exact) mass is 297 g/mol. The topological polar surface area (TPSA) is 22.1 Å². The van der Waals surface area contributed by atoms with Crippen molar-refractivity contribution in [3.63, 3.8) is 0 Å². The highest BCUT2D eigenvalue weighted by molar-refractivity contribution is 6.74. The number of hydrogen-bond donors (Lipinski definition) is 0. The first-order chi connectivity index (χ1) is 8.69. The van der Waals surface area contributed by atoms with E-state index in [-0.39, 0.29) is 11.1 Å². The Bertz CT molecular complexity index is 440. The first-order valence-electron chi connectivity index (χ1n) is 6.58. The van der Waals surface area contributed by atoms with Crippen LogP contribution in [0.15, 0.2) is 31.0 Å². The normalized spacial score (nSPS) is 14.2. The van der Waals surface area contributed by atoms with Gasteiger partial charge in [-0.15, -0.1) is 6.58 Å². The quantitative estimate of drug-likeness (QED) is 0.538. The molecule has 0 aromatic carbocycles. The van der Waals surface area contributed by atoms with E-state index >= 15 is 0 Å². The SMILES string of the molecule is C=CCC(O[Si](C)(C)C(C)(C)C)c1ncccc1Cl. The van der Waals surface area contributed by atoms with E-state index in [4.69, 9.17) is 16.0 Å². The molecule has 19 heavy (non-hydrogen) atoms. The zero-order valence-corrected chi connectivity index (χ0v) is 14.3. The molecule has 1 heterocycles. The van der Waals surface area contributed by atoms with Gasteiger partial charge in [0.1, 0.15) is 0 Å². The first-order valence-corrected chi connectivity index (χ1v) is 9.87. The highest BCUT2D eigenvalue weighted by atomic mass is 35.5. The summed E-state index contributed by atoms with van der Waals surface area (Å²) < 4.78 is 6.43. The zero-order valence-electron chi connectivity index (χ0n) is 12.5. The third-order valence-electron chi connectivity index (χ3n) is 3.72. The molecule has 4 heteroatoms. The number of halogens is 1. The fraction of sp³-hybridized carbons (Fsp3) is 0.533. The molecule has 1 unspecified atom stereocenters. The van der Waals surface area contributed by atoms with Gasteiger partial charge in [0, 0.05) is 6.20 Å². The summed E-state index contributed by atoms with van der Waals surface area (Å²) in [6.07, 6.45) is 4.24. The fourth-order valence-electron chi connectivity index (χ4n) is 1.53. The van der Waals surface area contributed by atoms with Gasteiger partial charge in [0.25, 0.3) is 0 Å². The Labute approximate surface area is 123 Å². The summed E-state index contributed by atoms with van der Waals surface area (Å²) in [7, 11) is -1.86. The lowest BCUT2D eigenvalue weighted by atomic mass is 10.2. The summed E-state index contributed by atoms with van der Waals surface area (Å²) in [5.41, 5.74) is 0.814. The van der Waals surface area contributed by atoms with Crippen LogP contribution in [0.2, 0.25) is 23.2 Å². The summed E-state index contributed by atoms with van der Waals surface area (Å²) in [5, 5.41) is 0.821. The largest absolute Gasteiger partial charge is 0.408 e. The minimum Gasteiger partial charge on any atom is -0.408 e. The number of pyridine rings is 1. The molecule has 0 bridgehead atoms. The maximum Gasteiger partial charge on any atom is 0.193 e. The van der Waals surface area contributed by atoms with E-state index in [0.717, 1.165) is 12.1 Å². The van der Waals surface area contributed by atoms with E-state index in [1.165, 1.54) is 0 Å². The van der Waals surface area contributed by atoms with E-state index in [1.54, 1.807) is 6.20 Å². The first kappa shape index (κ1) is 16.4. The predicted molar refractivity (Wildman–Crippen MR) is 85.1 cm³/mol. The average Bonchev–Trinajstić information content (AvgIpc) is 2.27. The van der Waals surface area contributed by atoms with Crippen molar-refractivity contribution in [3.8, 4) is 0 Å². The maximum atomic E-state index is 6.43.